The third kappa shape index (κ3) is 1.46. The first-order valence-electron chi connectivity index (χ1n) is 4.80. The molecule has 1 fully saturated rings. The van der Waals surface area contributed by atoms with Gasteiger partial charge in [-0.15, -0.1) is 0 Å². The molecule has 2 rings (SSSR count). The molecule has 4 unspecified atom stereocenters. The van der Waals surface area contributed by atoms with Crippen molar-refractivity contribution < 1.29 is 5.11 Å². The maximum Gasteiger partial charge on any atom is 0.0692 e. The lowest BCUT2D eigenvalue weighted by atomic mass is 9.93. The van der Waals surface area contributed by atoms with Crippen molar-refractivity contribution in [3.8, 4) is 0 Å². The fourth-order valence-electron chi connectivity index (χ4n) is 2.35. The van der Waals surface area contributed by atoms with Gasteiger partial charge in [0.05, 0.1) is 6.10 Å². The predicted octanol–water partition coefficient (Wildman–Crippen LogP) is 2.14. The maximum atomic E-state index is 9.08. The molecule has 1 heteroatoms. The molecule has 1 nitrogen and oxygen atoms in total. The minimum atomic E-state index is -0.284. The van der Waals surface area contributed by atoms with Crippen LogP contribution in [0.5, 0.6) is 0 Å². The highest BCUT2D eigenvalue weighted by atomic mass is 16.3. The van der Waals surface area contributed by atoms with Gasteiger partial charge >= 0.3 is 0 Å². The van der Waals surface area contributed by atoms with Gasteiger partial charge in [0.1, 0.15) is 0 Å². The molecule has 12 heavy (non-hydrogen) atoms. The van der Waals surface area contributed by atoms with E-state index in [1.807, 2.05) is 6.08 Å². The molecule has 0 spiro atoms. The van der Waals surface area contributed by atoms with Crippen LogP contribution in [0.3, 0.4) is 0 Å². The quantitative estimate of drug-likeness (QED) is 0.620. The summed E-state index contributed by atoms with van der Waals surface area (Å²) < 4.78 is 0. The van der Waals surface area contributed by atoms with Crippen molar-refractivity contribution >= 4 is 0 Å². The summed E-state index contributed by atoms with van der Waals surface area (Å²) in [7, 11) is 0. The van der Waals surface area contributed by atoms with Gasteiger partial charge in [0.25, 0.3) is 0 Å². The van der Waals surface area contributed by atoms with Crippen molar-refractivity contribution in [2.24, 2.45) is 17.8 Å². The standard InChI is InChI=1S/C11H16O/c1-8(12)2-4-10-6-9-3-5-11(10)7-9/h2-5,8-12H,6-7H2,1H3. The van der Waals surface area contributed by atoms with Crippen LogP contribution in [-0.4, -0.2) is 11.2 Å². The summed E-state index contributed by atoms with van der Waals surface area (Å²) in [5, 5.41) is 9.08. The fraction of sp³-hybridized carbons (Fsp3) is 0.636. The minimum absolute atomic E-state index is 0.284. The molecule has 66 valence electrons. The molecule has 0 saturated heterocycles. The molecule has 2 aliphatic rings. The van der Waals surface area contributed by atoms with Gasteiger partial charge in [-0.25, -0.2) is 0 Å². The van der Waals surface area contributed by atoms with Crippen LogP contribution in [-0.2, 0) is 0 Å². The Kier molecular flexibility index (Phi) is 2.05. The summed E-state index contributed by atoms with van der Waals surface area (Å²) in [5.74, 6) is 2.30. The van der Waals surface area contributed by atoms with Crippen LogP contribution in [0.1, 0.15) is 19.8 Å². The monoisotopic (exact) mass is 164 g/mol. The lowest BCUT2D eigenvalue weighted by Gasteiger charge is -2.13. The van der Waals surface area contributed by atoms with E-state index in [0.29, 0.717) is 5.92 Å². The topological polar surface area (TPSA) is 20.2 Å². The lowest BCUT2D eigenvalue weighted by molar-refractivity contribution is 0.243. The summed E-state index contributed by atoms with van der Waals surface area (Å²) in [4.78, 5) is 0. The molecule has 2 aliphatic carbocycles. The SMILES string of the molecule is CC(O)C=CC1CC2C=CC1C2. The largest absolute Gasteiger partial charge is 0.389 e. The van der Waals surface area contributed by atoms with Crippen molar-refractivity contribution in [2.75, 3.05) is 0 Å². The second-order valence-electron chi connectivity index (χ2n) is 4.07. The van der Waals surface area contributed by atoms with Crippen LogP contribution in [0.2, 0.25) is 0 Å². The van der Waals surface area contributed by atoms with E-state index in [4.69, 9.17) is 5.11 Å². The van der Waals surface area contributed by atoms with Crippen LogP contribution < -0.4 is 0 Å². The fourth-order valence-corrected chi connectivity index (χ4v) is 2.35. The molecular formula is C11H16O. The Hall–Kier alpha value is -0.560. The van der Waals surface area contributed by atoms with E-state index in [1.165, 1.54) is 12.8 Å². The van der Waals surface area contributed by atoms with Crippen molar-refractivity contribution in [1.82, 2.24) is 0 Å². The molecule has 0 radical (unpaired) electrons. The highest BCUT2D eigenvalue weighted by Crippen LogP contribution is 2.43. The number of hydrogen-bond donors (Lipinski definition) is 1. The van der Waals surface area contributed by atoms with Crippen molar-refractivity contribution in [2.45, 2.75) is 25.9 Å². The molecule has 0 aromatic rings. The number of aliphatic hydroxyl groups excluding tert-OH is 1. The molecule has 4 atom stereocenters. The van der Waals surface area contributed by atoms with Crippen molar-refractivity contribution in [1.29, 1.82) is 0 Å². The highest BCUT2D eigenvalue weighted by molar-refractivity contribution is 5.14. The van der Waals surface area contributed by atoms with Crippen molar-refractivity contribution in [3.63, 3.8) is 0 Å². The van der Waals surface area contributed by atoms with Crippen molar-refractivity contribution in [3.05, 3.63) is 24.3 Å². The van der Waals surface area contributed by atoms with Gasteiger partial charge < -0.3 is 5.11 Å². The Balaban J connectivity index is 1.95. The number of fused-ring (bicyclic) bond motifs is 2. The smallest absolute Gasteiger partial charge is 0.0692 e. The molecular weight excluding hydrogens is 148 g/mol. The zero-order chi connectivity index (χ0) is 8.55. The molecule has 0 aromatic carbocycles. The van der Waals surface area contributed by atoms with Gasteiger partial charge in [0, 0.05) is 0 Å². The van der Waals surface area contributed by atoms with Crippen LogP contribution in [0.15, 0.2) is 24.3 Å². The first-order chi connectivity index (χ1) is 5.75. The molecule has 0 aliphatic heterocycles. The summed E-state index contributed by atoms with van der Waals surface area (Å²) >= 11 is 0. The van der Waals surface area contributed by atoms with Gasteiger partial charge in [-0.1, -0.05) is 24.3 Å². The van der Waals surface area contributed by atoms with E-state index in [1.54, 1.807) is 6.92 Å². The van der Waals surface area contributed by atoms with Gasteiger partial charge in [-0.05, 0) is 37.5 Å². The van der Waals surface area contributed by atoms with Gasteiger partial charge in [0.2, 0.25) is 0 Å². The number of aliphatic hydroxyl groups is 1. The zero-order valence-electron chi connectivity index (χ0n) is 7.48. The summed E-state index contributed by atoms with van der Waals surface area (Å²) in [5.41, 5.74) is 0. The summed E-state index contributed by atoms with van der Waals surface area (Å²) in [6.07, 6.45) is 11.1. The van der Waals surface area contributed by atoms with Crippen LogP contribution in [0.25, 0.3) is 0 Å². The first kappa shape index (κ1) is 8.06. The average molecular weight is 164 g/mol. The van der Waals surface area contributed by atoms with Crippen LogP contribution in [0.4, 0.5) is 0 Å². The Morgan fingerprint density at radius 2 is 2.25 bits per heavy atom. The molecule has 2 bridgehead atoms. The lowest BCUT2D eigenvalue weighted by Crippen LogP contribution is -2.04. The normalized spacial score (nSPS) is 41.3. The Labute approximate surface area is 73.8 Å². The third-order valence-electron chi connectivity index (χ3n) is 2.97. The Morgan fingerprint density at radius 3 is 2.75 bits per heavy atom. The maximum absolute atomic E-state index is 9.08. The molecule has 0 amide bonds. The minimum Gasteiger partial charge on any atom is -0.389 e. The van der Waals surface area contributed by atoms with E-state index in [-0.39, 0.29) is 6.10 Å². The molecule has 1 saturated carbocycles. The van der Waals surface area contributed by atoms with E-state index in [2.05, 4.69) is 18.2 Å². The predicted molar refractivity (Wildman–Crippen MR) is 49.7 cm³/mol. The second kappa shape index (κ2) is 3.06. The van der Waals surface area contributed by atoms with E-state index >= 15 is 0 Å². The van der Waals surface area contributed by atoms with Crippen LogP contribution >= 0.6 is 0 Å². The second-order valence-corrected chi connectivity index (χ2v) is 4.07. The Bertz CT molecular complexity index is 215. The molecule has 1 N–H and O–H groups in total. The third-order valence-corrected chi connectivity index (χ3v) is 2.97. The van der Waals surface area contributed by atoms with E-state index in [0.717, 1.165) is 11.8 Å². The van der Waals surface area contributed by atoms with E-state index < -0.39 is 0 Å². The summed E-state index contributed by atoms with van der Waals surface area (Å²) in [6, 6.07) is 0. The molecule has 0 aromatic heterocycles. The number of rotatable bonds is 2. The average Bonchev–Trinajstić information content (AvgIpc) is 2.60. The van der Waals surface area contributed by atoms with Gasteiger partial charge in [0.15, 0.2) is 0 Å². The first-order valence-corrected chi connectivity index (χ1v) is 4.80. The molecule has 0 heterocycles. The summed E-state index contributed by atoms with van der Waals surface area (Å²) in [6.45, 7) is 1.81. The van der Waals surface area contributed by atoms with E-state index in [9.17, 15) is 0 Å². The zero-order valence-corrected chi connectivity index (χ0v) is 7.48. The highest BCUT2D eigenvalue weighted by Gasteiger charge is 2.33. The van der Waals surface area contributed by atoms with Gasteiger partial charge in [-0.3, -0.25) is 0 Å². The van der Waals surface area contributed by atoms with Crippen LogP contribution in [0, 0.1) is 17.8 Å². The number of allylic oxidation sites excluding steroid dienone is 3. The number of hydrogen-bond acceptors (Lipinski definition) is 1. The van der Waals surface area contributed by atoms with Gasteiger partial charge in [-0.2, -0.15) is 0 Å². The Morgan fingerprint density at radius 1 is 1.42 bits per heavy atom.